The molecule has 0 aliphatic heterocycles. The fraction of sp³-hybridized carbons (Fsp3) is 0.667. The van der Waals surface area contributed by atoms with Gasteiger partial charge in [0.25, 0.3) is 0 Å². The summed E-state index contributed by atoms with van der Waals surface area (Å²) in [7, 11) is 1.92. The molecular formula is C15H23N3. The number of nitrogens with zero attached hydrogens (tertiary/aromatic N) is 2. The zero-order chi connectivity index (χ0) is 13.2. The van der Waals surface area contributed by atoms with E-state index in [1.54, 1.807) is 0 Å². The van der Waals surface area contributed by atoms with Crippen molar-refractivity contribution in [3.05, 3.63) is 23.5 Å². The molecule has 18 heavy (non-hydrogen) atoms. The van der Waals surface area contributed by atoms with Crippen LogP contribution in [0.2, 0.25) is 0 Å². The summed E-state index contributed by atoms with van der Waals surface area (Å²) in [6.07, 6.45) is 7.31. The fourth-order valence-corrected chi connectivity index (χ4v) is 2.95. The smallest absolute Gasteiger partial charge is 0.120 e. The van der Waals surface area contributed by atoms with E-state index in [1.807, 2.05) is 23.9 Å². The van der Waals surface area contributed by atoms with Gasteiger partial charge in [-0.15, -0.1) is 0 Å². The molecule has 1 aromatic heterocycles. The molecule has 0 spiro atoms. The molecule has 1 heterocycles. The Morgan fingerprint density at radius 1 is 1.50 bits per heavy atom. The zero-order valence-corrected chi connectivity index (χ0v) is 11.7. The molecule has 1 aliphatic rings. The topological polar surface area (TPSA) is 40.8 Å². The van der Waals surface area contributed by atoms with E-state index >= 15 is 0 Å². The first-order valence-corrected chi connectivity index (χ1v) is 6.81. The van der Waals surface area contributed by atoms with Gasteiger partial charge in [-0.2, -0.15) is 5.26 Å². The highest BCUT2D eigenvalue weighted by Crippen LogP contribution is 2.35. The van der Waals surface area contributed by atoms with Crippen molar-refractivity contribution in [1.82, 2.24) is 9.88 Å². The van der Waals surface area contributed by atoms with Crippen LogP contribution < -0.4 is 5.32 Å². The number of aryl methyl sites for hydroxylation is 1. The van der Waals surface area contributed by atoms with Crippen LogP contribution in [0, 0.1) is 16.7 Å². The predicted molar refractivity (Wildman–Crippen MR) is 73.0 cm³/mol. The maximum Gasteiger partial charge on any atom is 0.120 e. The minimum Gasteiger partial charge on any atom is -0.342 e. The molecule has 1 N–H and O–H groups in total. The summed E-state index contributed by atoms with van der Waals surface area (Å²) in [5.74, 6) is 0. The molecule has 1 aromatic rings. The minimum atomic E-state index is 0.394. The summed E-state index contributed by atoms with van der Waals surface area (Å²) in [6.45, 7) is 5.58. The minimum absolute atomic E-state index is 0.394. The summed E-state index contributed by atoms with van der Waals surface area (Å²) < 4.78 is 1.89. The van der Waals surface area contributed by atoms with Crippen LogP contribution in [0.25, 0.3) is 0 Å². The van der Waals surface area contributed by atoms with Gasteiger partial charge < -0.3 is 9.88 Å². The van der Waals surface area contributed by atoms with Gasteiger partial charge in [0.05, 0.1) is 0 Å². The van der Waals surface area contributed by atoms with E-state index in [0.29, 0.717) is 11.5 Å². The molecule has 0 radical (unpaired) electrons. The van der Waals surface area contributed by atoms with Crippen LogP contribution in [-0.2, 0) is 13.6 Å². The normalized spacial score (nSPS) is 22.7. The Balaban J connectivity index is 1.96. The summed E-state index contributed by atoms with van der Waals surface area (Å²) in [5.41, 5.74) is 2.33. The molecule has 0 saturated heterocycles. The maximum atomic E-state index is 8.94. The van der Waals surface area contributed by atoms with E-state index in [9.17, 15) is 0 Å². The van der Waals surface area contributed by atoms with Gasteiger partial charge in [-0.1, -0.05) is 26.7 Å². The monoisotopic (exact) mass is 245 g/mol. The third-order valence-corrected chi connectivity index (χ3v) is 4.24. The molecule has 0 bridgehead atoms. The summed E-state index contributed by atoms with van der Waals surface area (Å²) in [4.78, 5) is 0. The lowest BCUT2D eigenvalue weighted by Gasteiger charge is -2.39. The van der Waals surface area contributed by atoms with Gasteiger partial charge in [0, 0.05) is 25.8 Å². The summed E-state index contributed by atoms with van der Waals surface area (Å²) >= 11 is 0. The first-order valence-electron chi connectivity index (χ1n) is 6.81. The second kappa shape index (κ2) is 5.16. The molecule has 0 amide bonds. The maximum absolute atomic E-state index is 8.94. The van der Waals surface area contributed by atoms with Gasteiger partial charge >= 0.3 is 0 Å². The van der Waals surface area contributed by atoms with Crippen molar-refractivity contribution in [2.75, 3.05) is 0 Å². The lowest BCUT2D eigenvalue weighted by Crippen LogP contribution is -2.43. The summed E-state index contributed by atoms with van der Waals surface area (Å²) in [5, 5.41) is 12.6. The van der Waals surface area contributed by atoms with E-state index in [1.165, 1.54) is 31.2 Å². The van der Waals surface area contributed by atoms with E-state index in [4.69, 9.17) is 5.26 Å². The number of rotatable bonds is 3. The average molecular weight is 245 g/mol. The second-order valence-electron chi connectivity index (χ2n) is 6.12. The van der Waals surface area contributed by atoms with Crippen molar-refractivity contribution in [3.63, 3.8) is 0 Å². The van der Waals surface area contributed by atoms with Crippen molar-refractivity contribution in [2.45, 2.75) is 52.1 Å². The second-order valence-corrected chi connectivity index (χ2v) is 6.12. The van der Waals surface area contributed by atoms with E-state index in [-0.39, 0.29) is 0 Å². The van der Waals surface area contributed by atoms with Gasteiger partial charge in [-0.3, -0.25) is 0 Å². The average Bonchev–Trinajstić information content (AvgIpc) is 2.68. The first kappa shape index (κ1) is 13.2. The molecule has 0 aromatic carbocycles. The van der Waals surface area contributed by atoms with Crippen molar-refractivity contribution < 1.29 is 0 Å². The number of aromatic nitrogens is 1. The highest BCUT2D eigenvalue weighted by molar-refractivity contribution is 5.28. The Kier molecular flexibility index (Phi) is 3.77. The third kappa shape index (κ3) is 2.76. The molecule has 1 fully saturated rings. The van der Waals surface area contributed by atoms with E-state index in [0.717, 1.165) is 12.2 Å². The highest BCUT2D eigenvalue weighted by Gasteiger charge is 2.31. The number of hydrogen-bond acceptors (Lipinski definition) is 2. The zero-order valence-electron chi connectivity index (χ0n) is 11.7. The van der Waals surface area contributed by atoms with Crippen LogP contribution in [0.15, 0.2) is 12.3 Å². The standard InChI is InChI=1S/C15H23N3/c1-15(2)7-5-4-6-14(15)17-10-12-8-13(9-16)18(3)11-12/h8,11,14,17H,4-7,10H2,1-3H3. The van der Waals surface area contributed by atoms with E-state index < -0.39 is 0 Å². The van der Waals surface area contributed by atoms with Gasteiger partial charge in [-0.25, -0.2) is 0 Å². The Labute approximate surface area is 110 Å². The van der Waals surface area contributed by atoms with Gasteiger partial charge in [0.1, 0.15) is 11.8 Å². The largest absolute Gasteiger partial charge is 0.342 e. The first-order chi connectivity index (χ1) is 8.53. The summed E-state index contributed by atoms with van der Waals surface area (Å²) in [6, 6.07) is 4.77. The molecule has 3 heteroatoms. The van der Waals surface area contributed by atoms with Gasteiger partial charge in [0.15, 0.2) is 0 Å². The number of hydrogen-bond donors (Lipinski definition) is 1. The molecule has 98 valence electrons. The SMILES string of the molecule is Cn1cc(CNC2CCCCC2(C)C)cc1C#N. The van der Waals surface area contributed by atoms with Crippen molar-refractivity contribution in [3.8, 4) is 6.07 Å². The third-order valence-electron chi connectivity index (χ3n) is 4.24. The number of nitriles is 1. The quantitative estimate of drug-likeness (QED) is 0.889. The van der Waals surface area contributed by atoms with Crippen LogP contribution in [0.5, 0.6) is 0 Å². The Bertz CT molecular complexity index is 451. The van der Waals surface area contributed by atoms with Crippen LogP contribution >= 0.6 is 0 Å². The van der Waals surface area contributed by atoms with Gasteiger partial charge in [0.2, 0.25) is 0 Å². The lowest BCUT2D eigenvalue weighted by atomic mass is 9.73. The van der Waals surface area contributed by atoms with Gasteiger partial charge in [-0.05, 0) is 29.9 Å². The highest BCUT2D eigenvalue weighted by atomic mass is 15.0. The van der Waals surface area contributed by atoms with Crippen LogP contribution in [0.4, 0.5) is 0 Å². The molecule has 2 rings (SSSR count). The molecule has 1 saturated carbocycles. The lowest BCUT2D eigenvalue weighted by molar-refractivity contribution is 0.167. The van der Waals surface area contributed by atoms with Crippen LogP contribution in [-0.4, -0.2) is 10.6 Å². The van der Waals surface area contributed by atoms with E-state index in [2.05, 4.69) is 25.2 Å². The van der Waals surface area contributed by atoms with Crippen molar-refractivity contribution in [1.29, 1.82) is 5.26 Å². The Morgan fingerprint density at radius 3 is 2.89 bits per heavy atom. The molecular weight excluding hydrogens is 222 g/mol. The molecule has 1 atom stereocenters. The van der Waals surface area contributed by atoms with Crippen LogP contribution in [0.3, 0.4) is 0 Å². The molecule has 1 unspecified atom stereocenters. The fourth-order valence-electron chi connectivity index (χ4n) is 2.95. The number of nitrogens with one attached hydrogen (secondary N) is 1. The molecule has 1 aliphatic carbocycles. The van der Waals surface area contributed by atoms with Crippen molar-refractivity contribution in [2.24, 2.45) is 12.5 Å². The predicted octanol–water partition coefficient (Wildman–Crippen LogP) is 2.96. The Morgan fingerprint density at radius 2 is 2.28 bits per heavy atom. The Hall–Kier alpha value is -1.27. The van der Waals surface area contributed by atoms with Crippen LogP contribution in [0.1, 0.15) is 50.8 Å². The van der Waals surface area contributed by atoms with Crippen molar-refractivity contribution >= 4 is 0 Å². The molecule has 3 nitrogen and oxygen atoms in total.